The Kier molecular flexibility index (Phi) is 3.67. The molecule has 0 spiro atoms. The van der Waals surface area contributed by atoms with Gasteiger partial charge in [-0.2, -0.15) is 0 Å². The maximum atomic E-state index is 5.98. The molecule has 0 aliphatic carbocycles. The Hall–Kier alpha value is -0.810. The number of anilines is 2. The molecule has 0 saturated carbocycles. The summed E-state index contributed by atoms with van der Waals surface area (Å²) >= 11 is 16.9. The molecule has 19 heavy (non-hydrogen) atoms. The second-order valence-corrected chi connectivity index (χ2v) is 6.65. The van der Waals surface area contributed by atoms with E-state index in [0.29, 0.717) is 10.0 Å². The molecule has 2 nitrogen and oxygen atoms in total. The lowest BCUT2D eigenvalue weighted by Gasteiger charge is -2.03. The zero-order valence-electron chi connectivity index (χ0n) is 9.45. The summed E-state index contributed by atoms with van der Waals surface area (Å²) in [6, 6.07) is 11.4. The van der Waals surface area contributed by atoms with Gasteiger partial charge in [0.15, 0.2) is 5.13 Å². The van der Waals surface area contributed by atoms with E-state index in [9.17, 15) is 0 Å². The van der Waals surface area contributed by atoms with Gasteiger partial charge < -0.3 is 5.32 Å². The SMILES string of the molecule is Clc1ccc(Nc2nc3ccc(Br)cc3s2)cc1Cl. The van der Waals surface area contributed by atoms with Crippen molar-refractivity contribution < 1.29 is 0 Å². The van der Waals surface area contributed by atoms with Gasteiger partial charge in [0.1, 0.15) is 0 Å². The zero-order chi connectivity index (χ0) is 13.4. The van der Waals surface area contributed by atoms with Crippen LogP contribution in [0.15, 0.2) is 40.9 Å². The van der Waals surface area contributed by atoms with Crippen LogP contribution in [0.3, 0.4) is 0 Å². The summed E-state index contributed by atoms with van der Waals surface area (Å²) < 4.78 is 2.17. The molecular weight excluding hydrogens is 367 g/mol. The van der Waals surface area contributed by atoms with Crippen molar-refractivity contribution in [1.82, 2.24) is 4.98 Å². The molecule has 3 rings (SSSR count). The highest BCUT2D eigenvalue weighted by Gasteiger charge is 2.05. The van der Waals surface area contributed by atoms with Crippen LogP contribution in [0.25, 0.3) is 10.2 Å². The molecule has 96 valence electrons. The maximum absolute atomic E-state index is 5.98. The first-order chi connectivity index (χ1) is 9.11. The number of benzene rings is 2. The van der Waals surface area contributed by atoms with E-state index in [-0.39, 0.29) is 0 Å². The van der Waals surface area contributed by atoms with Crippen LogP contribution in [0.4, 0.5) is 10.8 Å². The third-order valence-electron chi connectivity index (χ3n) is 2.52. The average molecular weight is 374 g/mol. The average Bonchev–Trinajstić information content (AvgIpc) is 2.75. The predicted molar refractivity (Wildman–Crippen MR) is 87.1 cm³/mol. The minimum absolute atomic E-state index is 0.524. The van der Waals surface area contributed by atoms with Gasteiger partial charge >= 0.3 is 0 Å². The Bertz CT molecular complexity index is 757. The number of hydrogen-bond donors (Lipinski definition) is 1. The van der Waals surface area contributed by atoms with Crippen LogP contribution >= 0.6 is 50.5 Å². The summed E-state index contributed by atoms with van der Waals surface area (Å²) in [4.78, 5) is 4.51. The van der Waals surface area contributed by atoms with Crippen LogP contribution in [0.1, 0.15) is 0 Å². The fourth-order valence-electron chi connectivity index (χ4n) is 1.65. The number of rotatable bonds is 2. The van der Waals surface area contributed by atoms with Crippen molar-refractivity contribution in [3.05, 3.63) is 50.9 Å². The normalized spacial score (nSPS) is 10.9. The Morgan fingerprint density at radius 3 is 2.68 bits per heavy atom. The number of fused-ring (bicyclic) bond motifs is 1. The number of hydrogen-bond acceptors (Lipinski definition) is 3. The van der Waals surface area contributed by atoms with E-state index in [2.05, 4.69) is 26.2 Å². The Morgan fingerprint density at radius 2 is 1.89 bits per heavy atom. The molecule has 0 amide bonds. The molecule has 0 aliphatic rings. The molecular formula is C13H7BrCl2N2S. The highest BCUT2D eigenvalue weighted by atomic mass is 79.9. The minimum Gasteiger partial charge on any atom is -0.331 e. The molecule has 1 N–H and O–H groups in total. The van der Waals surface area contributed by atoms with Crippen LogP contribution in [0.2, 0.25) is 10.0 Å². The lowest BCUT2D eigenvalue weighted by Crippen LogP contribution is -1.88. The number of aromatic nitrogens is 1. The third-order valence-corrected chi connectivity index (χ3v) is 4.69. The largest absolute Gasteiger partial charge is 0.331 e. The number of nitrogens with one attached hydrogen (secondary N) is 1. The van der Waals surface area contributed by atoms with E-state index >= 15 is 0 Å². The van der Waals surface area contributed by atoms with Crippen molar-refractivity contribution >= 4 is 71.5 Å². The lowest BCUT2D eigenvalue weighted by molar-refractivity contribution is 1.44. The lowest BCUT2D eigenvalue weighted by atomic mass is 10.3. The van der Waals surface area contributed by atoms with Crippen LogP contribution in [0, 0.1) is 0 Å². The second-order valence-electron chi connectivity index (χ2n) is 3.88. The number of nitrogens with zero attached hydrogens (tertiary/aromatic N) is 1. The first-order valence-electron chi connectivity index (χ1n) is 5.40. The van der Waals surface area contributed by atoms with E-state index in [1.807, 2.05) is 24.3 Å². The van der Waals surface area contributed by atoms with Gasteiger partial charge in [-0.25, -0.2) is 4.98 Å². The van der Waals surface area contributed by atoms with Crippen LogP contribution in [0.5, 0.6) is 0 Å². The van der Waals surface area contributed by atoms with Crippen molar-refractivity contribution in [1.29, 1.82) is 0 Å². The van der Waals surface area contributed by atoms with Gasteiger partial charge in [-0.05, 0) is 36.4 Å². The van der Waals surface area contributed by atoms with Crippen LogP contribution in [-0.4, -0.2) is 4.98 Å². The van der Waals surface area contributed by atoms with Gasteiger partial charge in [-0.3, -0.25) is 0 Å². The maximum Gasteiger partial charge on any atom is 0.188 e. The van der Waals surface area contributed by atoms with Crippen molar-refractivity contribution in [3.63, 3.8) is 0 Å². The quantitative estimate of drug-likeness (QED) is 0.586. The van der Waals surface area contributed by atoms with E-state index in [1.54, 1.807) is 23.5 Å². The summed E-state index contributed by atoms with van der Waals surface area (Å²) in [7, 11) is 0. The first-order valence-corrected chi connectivity index (χ1v) is 7.76. The highest BCUT2D eigenvalue weighted by molar-refractivity contribution is 9.10. The summed E-state index contributed by atoms with van der Waals surface area (Å²) in [5.41, 5.74) is 1.84. The standard InChI is InChI=1S/C13H7BrCl2N2S/c14-7-1-4-11-12(5-7)19-13(18-11)17-8-2-3-9(15)10(16)6-8/h1-6H,(H,17,18). The van der Waals surface area contributed by atoms with Crippen molar-refractivity contribution in [3.8, 4) is 0 Å². The van der Waals surface area contributed by atoms with E-state index in [1.165, 1.54) is 0 Å². The summed E-state index contributed by atoms with van der Waals surface area (Å²) in [6.07, 6.45) is 0. The molecule has 0 fully saturated rings. The van der Waals surface area contributed by atoms with Gasteiger partial charge in [0.05, 0.1) is 20.3 Å². The Labute approximate surface area is 132 Å². The Balaban J connectivity index is 1.94. The highest BCUT2D eigenvalue weighted by Crippen LogP contribution is 2.32. The summed E-state index contributed by atoms with van der Waals surface area (Å²) in [5, 5.41) is 5.12. The molecule has 0 unspecified atom stereocenters. The van der Waals surface area contributed by atoms with E-state index < -0.39 is 0 Å². The number of halogens is 3. The third kappa shape index (κ3) is 2.87. The molecule has 1 aromatic heterocycles. The van der Waals surface area contributed by atoms with Crippen molar-refractivity contribution in [2.45, 2.75) is 0 Å². The van der Waals surface area contributed by atoms with Crippen LogP contribution < -0.4 is 5.32 Å². The van der Waals surface area contributed by atoms with Gasteiger partial charge in [-0.15, -0.1) is 0 Å². The molecule has 6 heteroatoms. The fraction of sp³-hybridized carbons (Fsp3) is 0. The molecule has 1 heterocycles. The molecule has 0 bridgehead atoms. The summed E-state index contributed by atoms with van der Waals surface area (Å²) in [6.45, 7) is 0. The fourth-order valence-corrected chi connectivity index (χ4v) is 3.39. The monoisotopic (exact) mass is 372 g/mol. The topological polar surface area (TPSA) is 24.9 Å². The van der Waals surface area contributed by atoms with E-state index in [4.69, 9.17) is 23.2 Å². The van der Waals surface area contributed by atoms with Gasteiger partial charge in [0.2, 0.25) is 0 Å². The van der Waals surface area contributed by atoms with E-state index in [0.717, 1.165) is 25.5 Å². The zero-order valence-corrected chi connectivity index (χ0v) is 13.4. The molecule has 0 radical (unpaired) electrons. The van der Waals surface area contributed by atoms with Crippen LogP contribution in [-0.2, 0) is 0 Å². The first kappa shape index (κ1) is 13.2. The van der Waals surface area contributed by atoms with Gasteiger partial charge in [0, 0.05) is 10.2 Å². The van der Waals surface area contributed by atoms with Crippen molar-refractivity contribution in [2.75, 3.05) is 5.32 Å². The number of thiazole rings is 1. The van der Waals surface area contributed by atoms with Crippen molar-refractivity contribution in [2.24, 2.45) is 0 Å². The predicted octanol–water partition coefficient (Wildman–Crippen LogP) is 6.11. The molecule has 0 aliphatic heterocycles. The summed E-state index contributed by atoms with van der Waals surface area (Å²) in [5.74, 6) is 0. The molecule has 0 atom stereocenters. The Morgan fingerprint density at radius 1 is 1.05 bits per heavy atom. The minimum atomic E-state index is 0.524. The smallest absolute Gasteiger partial charge is 0.188 e. The van der Waals surface area contributed by atoms with Gasteiger partial charge in [-0.1, -0.05) is 50.5 Å². The molecule has 3 aromatic rings. The van der Waals surface area contributed by atoms with Gasteiger partial charge in [0.25, 0.3) is 0 Å². The molecule has 0 saturated heterocycles. The molecule has 2 aromatic carbocycles. The second kappa shape index (κ2) is 5.29.